The van der Waals surface area contributed by atoms with Gasteiger partial charge in [-0.2, -0.15) is 5.26 Å². The zero-order valence-corrected chi connectivity index (χ0v) is 21.4. The molecule has 2 atom stereocenters. The second kappa shape index (κ2) is 10.5. The van der Waals surface area contributed by atoms with E-state index in [1.165, 1.54) is 5.69 Å². The Hall–Kier alpha value is -3.45. The summed E-state index contributed by atoms with van der Waals surface area (Å²) in [4.78, 5) is 18.9. The number of nitrogens with one attached hydrogen (secondary N) is 1. The number of hydrogen-bond donors (Lipinski definition) is 1. The van der Waals surface area contributed by atoms with E-state index in [0.717, 1.165) is 88.0 Å². The van der Waals surface area contributed by atoms with Gasteiger partial charge in [0.15, 0.2) is 0 Å². The lowest BCUT2D eigenvalue weighted by Gasteiger charge is -2.40. The van der Waals surface area contributed by atoms with E-state index in [9.17, 15) is 5.26 Å². The summed E-state index contributed by atoms with van der Waals surface area (Å²) < 4.78 is 6.38. The fraction of sp³-hybridized carbons (Fsp3) is 0.464. The van der Waals surface area contributed by atoms with Crippen LogP contribution in [0.5, 0.6) is 0 Å². The summed E-state index contributed by atoms with van der Waals surface area (Å²) in [7, 11) is 0. The van der Waals surface area contributed by atoms with Crippen LogP contribution in [0.25, 0.3) is 10.9 Å². The molecule has 6 rings (SSSR count). The van der Waals surface area contributed by atoms with E-state index in [-0.39, 0.29) is 12.2 Å². The average Bonchev–Trinajstić information content (AvgIpc) is 3.41. The Bertz CT molecular complexity index is 1270. The number of anilines is 3. The molecule has 0 radical (unpaired) electrons. The number of rotatable bonds is 5. The summed E-state index contributed by atoms with van der Waals surface area (Å²) in [6.07, 6.45) is 4.00. The van der Waals surface area contributed by atoms with Gasteiger partial charge in [-0.3, -0.25) is 9.88 Å². The van der Waals surface area contributed by atoms with E-state index in [0.29, 0.717) is 5.56 Å². The van der Waals surface area contributed by atoms with E-state index in [2.05, 4.69) is 67.2 Å². The topological polar surface area (TPSA) is 83.8 Å². The van der Waals surface area contributed by atoms with Crippen LogP contribution >= 0.6 is 0 Å². The molecule has 2 unspecified atom stereocenters. The molecule has 9 heteroatoms. The van der Waals surface area contributed by atoms with Crippen LogP contribution in [0, 0.1) is 11.3 Å². The summed E-state index contributed by atoms with van der Waals surface area (Å²) in [5.41, 5.74) is 3.71. The molecule has 3 saturated heterocycles. The van der Waals surface area contributed by atoms with Crippen LogP contribution in [-0.4, -0.2) is 92.6 Å². The van der Waals surface area contributed by atoms with E-state index in [1.54, 1.807) is 6.20 Å². The first kappa shape index (κ1) is 23.9. The second-order valence-corrected chi connectivity index (χ2v) is 10.2. The minimum absolute atomic E-state index is 0.106. The third-order valence-electron chi connectivity index (χ3n) is 7.59. The molecule has 3 aliphatic heterocycles. The highest BCUT2D eigenvalue weighted by Gasteiger charge is 2.30. The molecular formula is C28H34N8O. The van der Waals surface area contributed by atoms with Gasteiger partial charge in [0.1, 0.15) is 11.9 Å². The predicted octanol–water partition coefficient (Wildman–Crippen LogP) is 2.28. The van der Waals surface area contributed by atoms with Crippen molar-refractivity contribution in [2.75, 3.05) is 80.3 Å². The Morgan fingerprint density at radius 1 is 1.00 bits per heavy atom. The zero-order chi connectivity index (χ0) is 25.2. The van der Waals surface area contributed by atoms with E-state index < -0.39 is 0 Å². The molecule has 2 aromatic heterocycles. The molecule has 9 nitrogen and oxygen atoms in total. The standard InChI is InChI=1S/C28H34N8O/c1-21-17-36(26-6-4-22(15-29)28-25(26)3-2-8-31-28)19-24(37-21)18-33-13-14-35(20-33)27-7-5-23(16-32-27)34-11-9-30-10-12-34/h2-8,16,21,24,30H,9-14,17-20H2,1H3. The Kier molecular flexibility index (Phi) is 6.79. The first-order valence-electron chi connectivity index (χ1n) is 13.3. The summed E-state index contributed by atoms with van der Waals surface area (Å²) in [6.45, 7) is 11.6. The van der Waals surface area contributed by atoms with Crippen molar-refractivity contribution in [2.24, 2.45) is 0 Å². The molecule has 192 valence electrons. The highest BCUT2D eigenvalue weighted by Crippen LogP contribution is 2.30. The largest absolute Gasteiger partial charge is 0.370 e. The molecule has 1 N–H and O–H groups in total. The predicted molar refractivity (Wildman–Crippen MR) is 146 cm³/mol. The van der Waals surface area contributed by atoms with Crippen molar-refractivity contribution in [3.05, 3.63) is 54.4 Å². The SMILES string of the molecule is CC1CN(c2ccc(C#N)c3ncccc23)CC(CN2CCN(c3ccc(N4CCNCC4)cn3)C2)O1. The molecule has 3 fully saturated rings. The summed E-state index contributed by atoms with van der Waals surface area (Å²) in [6, 6.07) is 14.6. The van der Waals surface area contributed by atoms with Crippen molar-refractivity contribution in [3.63, 3.8) is 0 Å². The number of pyridine rings is 2. The molecule has 1 aromatic carbocycles. The van der Waals surface area contributed by atoms with E-state index >= 15 is 0 Å². The van der Waals surface area contributed by atoms with Gasteiger partial charge in [0.05, 0.1) is 41.8 Å². The smallest absolute Gasteiger partial charge is 0.129 e. The number of morpholine rings is 1. The number of piperazine rings is 1. The minimum Gasteiger partial charge on any atom is -0.370 e. The normalized spacial score (nSPS) is 23.0. The number of fused-ring (bicyclic) bond motifs is 1. The lowest BCUT2D eigenvalue weighted by atomic mass is 10.1. The van der Waals surface area contributed by atoms with Gasteiger partial charge in [-0.15, -0.1) is 0 Å². The average molecular weight is 499 g/mol. The fourth-order valence-corrected chi connectivity index (χ4v) is 5.81. The van der Waals surface area contributed by atoms with Gasteiger partial charge in [0, 0.05) is 76.2 Å². The number of aromatic nitrogens is 2. The Morgan fingerprint density at radius 2 is 1.89 bits per heavy atom. The number of ether oxygens (including phenoxy) is 1. The number of hydrogen-bond acceptors (Lipinski definition) is 9. The molecule has 0 aliphatic carbocycles. The maximum absolute atomic E-state index is 9.52. The zero-order valence-electron chi connectivity index (χ0n) is 21.4. The lowest BCUT2D eigenvalue weighted by Crippen LogP contribution is -2.50. The monoisotopic (exact) mass is 498 g/mol. The maximum Gasteiger partial charge on any atom is 0.129 e. The first-order chi connectivity index (χ1) is 18.2. The van der Waals surface area contributed by atoms with Crippen LogP contribution in [0.3, 0.4) is 0 Å². The number of nitrogens with zero attached hydrogens (tertiary/aromatic N) is 7. The number of benzene rings is 1. The Labute approximate surface area is 218 Å². The van der Waals surface area contributed by atoms with Gasteiger partial charge in [-0.25, -0.2) is 4.98 Å². The molecular weight excluding hydrogens is 464 g/mol. The highest BCUT2D eigenvalue weighted by atomic mass is 16.5. The van der Waals surface area contributed by atoms with Crippen molar-refractivity contribution in [3.8, 4) is 6.07 Å². The van der Waals surface area contributed by atoms with Crippen molar-refractivity contribution in [2.45, 2.75) is 19.1 Å². The molecule has 37 heavy (non-hydrogen) atoms. The van der Waals surface area contributed by atoms with Crippen molar-refractivity contribution in [1.29, 1.82) is 5.26 Å². The highest BCUT2D eigenvalue weighted by molar-refractivity contribution is 5.95. The van der Waals surface area contributed by atoms with Gasteiger partial charge >= 0.3 is 0 Å². The van der Waals surface area contributed by atoms with E-state index in [1.807, 2.05) is 18.3 Å². The molecule has 0 amide bonds. The van der Waals surface area contributed by atoms with Gasteiger partial charge in [0.25, 0.3) is 0 Å². The van der Waals surface area contributed by atoms with Crippen LogP contribution in [0.2, 0.25) is 0 Å². The van der Waals surface area contributed by atoms with Gasteiger partial charge in [0.2, 0.25) is 0 Å². The summed E-state index contributed by atoms with van der Waals surface area (Å²) in [5, 5.41) is 13.9. The van der Waals surface area contributed by atoms with Gasteiger partial charge in [-0.1, -0.05) is 0 Å². The molecule has 3 aliphatic rings. The van der Waals surface area contributed by atoms with Crippen molar-refractivity contribution >= 4 is 28.1 Å². The third kappa shape index (κ3) is 5.05. The molecule has 0 bridgehead atoms. The number of nitriles is 1. The lowest BCUT2D eigenvalue weighted by molar-refractivity contribution is -0.0292. The van der Waals surface area contributed by atoms with Crippen LogP contribution in [0.1, 0.15) is 12.5 Å². The van der Waals surface area contributed by atoms with Crippen LogP contribution in [0.15, 0.2) is 48.8 Å². The third-order valence-corrected chi connectivity index (χ3v) is 7.59. The Morgan fingerprint density at radius 3 is 2.70 bits per heavy atom. The van der Waals surface area contributed by atoms with Crippen molar-refractivity contribution in [1.82, 2.24) is 20.2 Å². The molecule has 3 aromatic rings. The van der Waals surface area contributed by atoms with Gasteiger partial charge < -0.3 is 24.8 Å². The van der Waals surface area contributed by atoms with E-state index in [4.69, 9.17) is 9.72 Å². The second-order valence-electron chi connectivity index (χ2n) is 10.2. The minimum atomic E-state index is 0.106. The Balaban J connectivity index is 1.10. The molecule has 5 heterocycles. The first-order valence-corrected chi connectivity index (χ1v) is 13.3. The van der Waals surface area contributed by atoms with Gasteiger partial charge in [-0.05, 0) is 43.3 Å². The fourth-order valence-electron chi connectivity index (χ4n) is 5.81. The van der Waals surface area contributed by atoms with Crippen molar-refractivity contribution < 1.29 is 4.74 Å². The maximum atomic E-state index is 9.52. The summed E-state index contributed by atoms with van der Waals surface area (Å²) in [5.74, 6) is 1.04. The van der Waals surface area contributed by atoms with Crippen LogP contribution < -0.4 is 20.0 Å². The summed E-state index contributed by atoms with van der Waals surface area (Å²) >= 11 is 0. The molecule has 0 saturated carbocycles. The van der Waals surface area contributed by atoms with Crippen LogP contribution in [-0.2, 0) is 4.74 Å². The van der Waals surface area contributed by atoms with Crippen LogP contribution in [0.4, 0.5) is 17.2 Å². The quantitative estimate of drug-likeness (QED) is 0.570. The molecule has 0 spiro atoms.